The van der Waals surface area contributed by atoms with Crippen LogP contribution in [0.25, 0.3) is 10.8 Å². The number of allylic oxidation sites excluding steroid dienone is 2. The Balaban J connectivity index is 1.77. The summed E-state index contributed by atoms with van der Waals surface area (Å²) < 4.78 is 5.50. The Labute approximate surface area is 187 Å². The summed E-state index contributed by atoms with van der Waals surface area (Å²) in [7, 11) is 1.19. The van der Waals surface area contributed by atoms with Gasteiger partial charge in [0.25, 0.3) is 5.91 Å². The van der Waals surface area contributed by atoms with E-state index in [2.05, 4.69) is 5.18 Å². The van der Waals surface area contributed by atoms with E-state index in [1.807, 2.05) is 24.3 Å². The van der Waals surface area contributed by atoms with E-state index in [-0.39, 0.29) is 29.7 Å². The second-order valence-corrected chi connectivity index (χ2v) is 8.65. The van der Waals surface area contributed by atoms with Gasteiger partial charge in [0.1, 0.15) is 22.8 Å². The zero-order valence-corrected chi connectivity index (χ0v) is 17.6. The summed E-state index contributed by atoms with van der Waals surface area (Å²) in [6, 6.07) is 8.84. The number of nitroso groups, excluding NO2 is 1. The topological polar surface area (TPSA) is 156 Å². The number of carbonyl (C=O) groups excluding carboxylic acids is 3. The number of aliphatic hydroxyl groups excluding tert-OH is 2. The van der Waals surface area contributed by atoms with E-state index in [4.69, 9.17) is 10.5 Å². The van der Waals surface area contributed by atoms with E-state index in [1.54, 1.807) is 0 Å². The standard InChI is InChI=1S/C24H20N2O7/c1-33-24-12(9-16(27)19(22(24)30)23(25)31)6-11-7-14-13-5-3-2-4-10(13)8-15(26-32)18(14)20(28)17(11)21(24)29/h2-5,8,11-12,27,29H,6-7,9H2,1H3,(H2,25,31)/t11-,12?,24+/m1/s1. The van der Waals surface area contributed by atoms with E-state index >= 15 is 0 Å². The van der Waals surface area contributed by atoms with Crippen LogP contribution in [-0.2, 0) is 20.7 Å². The number of ether oxygens (including phenoxy) is 1. The Hall–Kier alpha value is -3.85. The molecule has 2 aromatic carbocycles. The molecule has 0 fully saturated rings. The molecule has 0 spiro atoms. The van der Waals surface area contributed by atoms with Crippen LogP contribution in [-0.4, -0.2) is 40.4 Å². The largest absolute Gasteiger partial charge is 0.511 e. The van der Waals surface area contributed by atoms with Gasteiger partial charge in [0.2, 0.25) is 5.78 Å². The molecule has 1 amide bonds. The predicted molar refractivity (Wildman–Crippen MR) is 117 cm³/mol. The summed E-state index contributed by atoms with van der Waals surface area (Å²) >= 11 is 0. The number of benzene rings is 2. The first kappa shape index (κ1) is 21.0. The summed E-state index contributed by atoms with van der Waals surface area (Å²) in [5, 5.41) is 26.3. The van der Waals surface area contributed by atoms with Crippen molar-refractivity contribution in [2.45, 2.75) is 24.9 Å². The number of amides is 1. The van der Waals surface area contributed by atoms with Gasteiger partial charge in [-0.05, 0) is 46.3 Å². The molecule has 4 N–H and O–H groups in total. The fourth-order valence-electron chi connectivity index (χ4n) is 5.80. The first-order valence-corrected chi connectivity index (χ1v) is 10.4. The van der Waals surface area contributed by atoms with Crippen LogP contribution in [0.5, 0.6) is 0 Å². The molecule has 3 atom stereocenters. The summed E-state index contributed by atoms with van der Waals surface area (Å²) in [5.41, 5.74) is 3.27. The maximum Gasteiger partial charge on any atom is 0.255 e. The van der Waals surface area contributed by atoms with Crippen molar-refractivity contribution in [1.82, 2.24) is 0 Å². The van der Waals surface area contributed by atoms with Crippen molar-refractivity contribution in [2.24, 2.45) is 22.7 Å². The number of rotatable bonds is 3. The second-order valence-electron chi connectivity index (χ2n) is 8.65. The third kappa shape index (κ3) is 2.59. The third-order valence-electron chi connectivity index (χ3n) is 7.18. The van der Waals surface area contributed by atoms with Crippen LogP contribution in [0.2, 0.25) is 0 Å². The molecule has 33 heavy (non-hydrogen) atoms. The molecule has 9 nitrogen and oxygen atoms in total. The van der Waals surface area contributed by atoms with Crippen LogP contribution in [0.15, 0.2) is 58.2 Å². The number of carbonyl (C=O) groups is 3. The van der Waals surface area contributed by atoms with Gasteiger partial charge in [0, 0.05) is 25.0 Å². The summed E-state index contributed by atoms with van der Waals surface area (Å²) in [4.78, 5) is 50.4. The van der Waals surface area contributed by atoms with Gasteiger partial charge in [-0.2, -0.15) is 0 Å². The molecule has 3 aliphatic carbocycles. The smallest absolute Gasteiger partial charge is 0.255 e. The quantitative estimate of drug-likeness (QED) is 0.481. The molecule has 0 radical (unpaired) electrons. The summed E-state index contributed by atoms with van der Waals surface area (Å²) in [6.45, 7) is 0. The molecule has 5 rings (SSSR count). The van der Waals surface area contributed by atoms with Gasteiger partial charge < -0.3 is 20.7 Å². The third-order valence-corrected chi connectivity index (χ3v) is 7.18. The predicted octanol–water partition coefficient (Wildman–Crippen LogP) is 3.08. The molecule has 1 unspecified atom stereocenters. The average molecular weight is 448 g/mol. The minimum absolute atomic E-state index is 0.0423. The summed E-state index contributed by atoms with van der Waals surface area (Å²) in [6.07, 6.45) is 0.429. The number of aliphatic hydroxyl groups is 2. The van der Waals surface area contributed by atoms with E-state index in [1.165, 1.54) is 13.2 Å². The number of hydrogen-bond acceptors (Lipinski definition) is 8. The lowest BCUT2D eigenvalue weighted by atomic mass is 9.60. The fourth-order valence-corrected chi connectivity index (χ4v) is 5.80. The van der Waals surface area contributed by atoms with Crippen molar-refractivity contribution >= 4 is 33.9 Å². The van der Waals surface area contributed by atoms with Crippen LogP contribution >= 0.6 is 0 Å². The highest BCUT2D eigenvalue weighted by Gasteiger charge is 2.61. The van der Waals surface area contributed by atoms with Crippen molar-refractivity contribution in [3.8, 4) is 0 Å². The minimum atomic E-state index is -2.03. The van der Waals surface area contributed by atoms with Gasteiger partial charge in [0.05, 0.1) is 5.56 Å². The number of fused-ring (bicyclic) bond motifs is 5. The minimum Gasteiger partial charge on any atom is -0.511 e. The molecule has 0 heterocycles. The molecular weight excluding hydrogens is 428 g/mol. The van der Waals surface area contributed by atoms with E-state index in [0.717, 1.165) is 10.8 Å². The van der Waals surface area contributed by atoms with Crippen LogP contribution in [0.4, 0.5) is 5.69 Å². The van der Waals surface area contributed by atoms with Crippen molar-refractivity contribution in [3.05, 3.63) is 69.0 Å². The Morgan fingerprint density at radius 3 is 2.61 bits per heavy atom. The van der Waals surface area contributed by atoms with E-state index < -0.39 is 52.0 Å². The van der Waals surface area contributed by atoms with Crippen LogP contribution in [0.1, 0.15) is 28.8 Å². The van der Waals surface area contributed by atoms with Gasteiger partial charge in [0.15, 0.2) is 11.4 Å². The molecule has 0 aliphatic heterocycles. The molecule has 0 saturated heterocycles. The SMILES string of the molecule is CO[C@@]12C(=O)C(C(N)=O)=C(O)CC1C[C@@H]1Cc3c(c(N=O)cc4ccccc34)C(=O)C1=C2O. The zero-order chi connectivity index (χ0) is 23.7. The Bertz CT molecular complexity index is 1360. The number of ketones is 2. The lowest BCUT2D eigenvalue weighted by Gasteiger charge is -2.47. The lowest BCUT2D eigenvalue weighted by Crippen LogP contribution is -2.58. The van der Waals surface area contributed by atoms with Gasteiger partial charge in [-0.15, -0.1) is 4.91 Å². The van der Waals surface area contributed by atoms with Crippen molar-refractivity contribution < 1.29 is 29.3 Å². The first-order valence-electron chi connectivity index (χ1n) is 10.4. The number of hydrogen-bond donors (Lipinski definition) is 3. The zero-order valence-electron chi connectivity index (χ0n) is 17.6. The van der Waals surface area contributed by atoms with Crippen LogP contribution in [0, 0.1) is 16.7 Å². The Morgan fingerprint density at radius 1 is 1.21 bits per heavy atom. The highest BCUT2D eigenvalue weighted by atomic mass is 16.5. The molecule has 0 bridgehead atoms. The number of Topliss-reactive ketones (excluding diaryl/α,β-unsaturated/α-hetero) is 2. The second kappa shape index (κ2) is 7.08. The Morgan fingerprint density at radius 2 is 1.94 bits per heavy atom. The van der Waals surface area contributed by atoms with Gasteiger partial charge >= 0.3 is 0 Å². The van der Waals surface area contributed by atoms with Gasteiger partial charge in [-0.3, -0.25) is 14.4 Å². The number of nitrogens with two attached hydrogens (primary N) is 1. The highest BCUT2D eigenvalue weighted by Crippen LogP contribution is 2.53. The molecular formula is C24H20N2O7. The van der Waals surface area contributed by atoms with Crippen LogP contribution < -0.4 is 5.73 Å². The lowest BCUT2D eigenvalue weighted by molar-refractivity contribution is -0.149. The normalized spacial score (nSPS) is 26.7. The number of methoxy groups -OCH3 is 1. The molecule has 2 aromatic rings. The van der Waals surface area contributed by atoms with Crippen molar-refractivity contribution in [3.63, 3.8) is 0 Å². The van der Waals surface area contributed by atoms with E-state index in [9.17, 15) is 29.5 Å². The average Bonchev–Trinajstić information content (AvgIpc) is 2.78. The Kier molecular flexibility index (Phi) is 4.51. The maximum atomic E-state index is 13.7. The summed E-state index contributed by atoms with van der Waals surface area (Å²) in [5.74, 6) is -5.02. The first-order chi connectivity index (χ1) is 15.8. The van der Waals surface area contributed by atoms with Gasteiger partial charge in [-0.25, -0.2) is 0 Å². The molecule has 3 aliphatic rings. The van der Waals surface area contributed by atoms with Crippen molar-refractivity contribution in [1.29, 1.82) is 0 Å². The van der Waals surface area contributed by atoms with E-state index in [0.29, 0.717) is 12.0 Å². The van der Waals surface area contributed by atoms with Crippen LogP contribution in [0.3, 0.4) is 0 Å². The molecule has 9 heteroatoms. The van der Waals surface area contributed by atoms with Gasteiger partial charge in [-0.1, -0.05) is 24.3 Å². The van der Waals surface area contributed by atoms with Crippen molar-refractivity contribution in [2.75, 3.05) is 7.11 Å². The number of primary amides is 1. The maximum absolute atomic E-state index is 13.7. The number of nitrogens with zero attached hydrogens (tertiary/aromatic N) is 1. The molecule has 0 saturated carbocycles. The fraction of sp³-hybridized carbons (Fsp3) is 0.292. The highest BCUT2D eigenvalue weighted by molar-refractivity contribution is 6.25. The molecule has 0 aromatic heterocycles. The molecule has 168 valence electrons. The monoisotopic (exact) mass is 448 g/mol.